The predicted molar refractivity (Wildman–Crippen MR) is 60.8 cm³/mol. The third-order valence-corrected chi connectivity index (χ3v) is 3.62. The molecule has 1 heterocycles. The zero-order valence-corrected chi connectivity index (χ0v) is 9.88. The van der Waals surface area contributed by atoms with E-state index in [-0.39, 0.29) is 6.03 Å². The lowest BCUT2D eigenvalue weighted by molar-refractivity contribution is 0.124. The summed E-state index contributed by atoms with van der Waals surface area (Å²) in [5, 5.41) is 3.11. The molecule has 15 heavy (non-hydrogen) atoms. The first kappa shape index (κ1) is 10.8. The van der Waals surface area contributed by atoms with Gasteiger partial charge in [0.2, 0.25) is 0 Å². The SMILES string of the molecule is CC1(C)CCCN(C(=O)NC2CCC2)C1. The van der Waals surface area contributed by atoms with Gasteiger partial charge in [0.25, 0.3) is 0 Å². The zero-order valence-electron chi connectivity index (χ0n) is 9.88. The summed E-state index contributed by atoms with van der Waals surface area (Å²) in [5.41, 5.74) is 0.301. The van der Waals surface area contributed by atoms with E-state index >= 15 is 0 Å². The van der Waals surface area contributed by atoms with Gasteiger partial charge in [0.05, 0.1) is 0 Å². The van der Waals surface area contributed by atoms with E-state index in [1.165, 1.54) is 25.7 Å². The molecule has 0 spiro atoms. The summed E-state index contributed by atoms with van der Waals surface area (Å²) in [6, 6.07) is 0.620. The molecule has 1 saturated heterocycles. The molecule has 86 valence electrons. The Morgan fingerprint density at radius 3 is 2.60 bits per heavy atom. The minimum Gasteiger partial charge on any atom is -0.335 e. The Morgan fingerprint density at radius 2 is 2.07 bits per heavy atom. The first-order valence-corrected chi connectivity index (χ1v) is 6.12. The Bertz CT molecular complexity index is 246. The third kappa shape index (κ3) is 2.64. The number of urea groups is 1. The molecular weight excluding hydrogens is 188 g/mol. The molecule has 0 unspecified atom stereocenters. The maximum atomic E-state index is 11.9. The summed E-state index contributed by atoms with van der Waals surface area (Å²) >= 11 is 0. The van der Waals surface area contributed by atoms with Crippen molar-refractivity contribution in [2.75, 3.05) is 13.1 Å². The zero-order chi connectivity index (χ0) is 10.9. The van der Waals surface area contributed by atoms with Crippen molar-refractivity contribution in [3.63, 3.8) is 0 Å². The van der Waals surface area contributed by atoms with Crippen LogP contribution in [0.15, 0.2) is 0 Å². The van der Waals surface area contributed by atoms with Crippen LogP contribution in [0, 0.1) is 5.41 Å². The molecule has 1 aliphatic heterocycles. The molecular formula is C12H22N2O. The van der Waals surface area contributed by atoms with Crippen molar-refractivity contribution < 1.29 is 4.79 Å². The van der Waals surface area contributed by atoms with Gasteiger partial charge in [-0.3, -0.25) is 0 Å². The summed E-state index contributed by atoms with van der Waals surface area (Å²) in [5.74, 6) is 0. The number of carbonyl (C=O) groups excluding carboxylic acids is 1. The molecule has 3 heteroatoms. The molecule has 1 saturated carbocycles. The van der Waals surface area contributed by atoms with Gasteiger partial charge in [-0.15, -0.1) is 0 Å². The minimum absolute atomic E-state index is 0.160. The van der Waals surface area contributed by atoms with E-state index < -0.39 is 0 Å². The molecule has 1 aliphatic carbocycles. The Kier molecular flexibility index (Phi) is 2.89. The van der Waals surface area contributed by atoms with Crippen LogP contribution in [0.5, 0.6) is 0 Å². The van der Waals surface area contributed by atoms with Gasteiger partial charge < -0.3 is 10.2 Å². The van der Waals surface area contributed by atoms with Crippen molar-refractivity contribution in [1.82, 2.24) is 10.2 Å². The van der Waals surface area contributed by atoms with E-state index in [1.807, 2.05) is 4.90 Å². The monoisotopic (exact) mass is 210 g/mol. The Balaban J connectivity index is 1.83. The van der Waals surface area contributed by atoms with Crippen LogP contribution in [0.3, 0.4) is 0 Å². The Morgan fingerprint density at radius 1 is 1.33 bits per heavy atom. The number of carbonyl (C=O) groups is 1. The van der Waals surface area contributed by atoms with Crippen molar-refractivity contribution >= 4 is 6.03 Å². The van der Waals surface area contributed by atoms with Crippen LogP contribution in [0.1, 0.15) is 46.0 Å². The maximum absolute atomic E-state index is 11.9. The minimum atomic E-state index is 0.160. The van der Waals surface area contributed by atoms with E-state index in [0.29, 0.717) is 11.5 Å². The molecule has 0 aromatic rings. The van der Waals surface area contributed by atoms with Crippen LogP contribution >= 0.6 is 0 Å². The third-order valence-electron chi connectivity index (χ3n) is 3.62. The fraction of sp³-hybridized carbons (Fsp3) is 0.917. The number of likely N-dealkylation sites (tertiary alicyclic amines) is 1. The van der Waals surface area contributed by atoms with Crippen molar-refractivity contribution in [1.29, 1.82) is 0 Å². The van der Waals surface area contributed by atoms with Crippen LogP contribution in [-0.4, -0.2) is 30.1 Å². The summed E-state index contributed by atoms with van der Waals surface area (Å²) in [6.45, 7) is 6.33. The molecule has 3 nitrogen and oxygen atoms in total. The van der Waals surface area contributed by atoms with E-state index in [0.717, 1.165) is 19.5 Å². The predicted octanol–water partition coefficient (Wildman–Crippen LogP) is 2.37. The molecule has 2 amide bonds. The quantitative estimate of drug-likeness (QED) is 0.708. The normalized spacial score (nSPS) is 25.9. The second-order valence-electron chi connectivity index (χ2n) is 5.77. The van der Waals surface area contributed by atoms with Gasteiger partial charge in [-0.1, -0.05) is 13.8 Å². The average molecular weight is 210 g/mol. The smallest absolute Gasteiger partial charge is 0.317 e. The molecule has 2 rings (SSSR count). The number of rotatable bonds is 1. The molecule has 0 aromatic heterocycles. The molecule has 1 N–H and O–H groups in total. The molecule has 0 atom stereocenters. The van der Waals surface area contributed by atoms with Gasteiger partial charge in [0, 0.05) is 19.1 Å². The Labute approximate surface area is 92.2 Å². The van der Waals surface area contributed by atoms with Crippen LogP contribution in [-0.2, 0) is 0 Å². The van der Waals surface area contributed by atoms with Crippen molar-refractivity contribution in [2.45, 2.75) is 52.0 Å². The largest absolute Gasteiger partial charge is 0.335 e. The highest BCUT2D eigenvalue weighted by atomic mass is 16.2. The lowest BCUT2D eigenvalue weighted by atomic mass is 9.84. The van der Waals surface area contributed by atoms with Crippen LogP contribution in [0.2, 0.25) is 0 Å². The van der Waals surface area contributed by atoms with E-state index in [4.69, 9.17) is 0 Å². The number of hydrogen-bond acceptors (Lipinski definition) is 1. The van der Waals surface area contributed by atoms with E-state index in [1.54, 1.807) is 0 Å². The van der Waals surface area contributed by atoms with Gasteiger partial charge in [-0.2, -0.15) is 0 Å². The van der Waals surface area contributed by atoms with Crippen LogP contribution in [0.25, 0.3) is 0 Å². The van der Waals surface area contributed by atoms with Gasteiger partial charge in [0.15, 0.2) is 0 Å². The van der Waals surface area contributed by atoms with Gasteiger partial charge in [-0.05, 0) is 37.5 Å². The summed E-state index contributed by atoms with van der Waals surface area (Å²) < 4.78 is 0. The van der Waals surface area contributed by atoms with Crippen molar-refractivity contribution in [2.24, 2.45) is 5.41 Å². The topological polar surface area (TPSA) is 32.3 Å². The van der Waals surface area contributed by atoms with Gasteiger partial charge in [0.1, 0.15) is 0 Å². The number of amides is 2. The van der Waals surface area contributed by atoms with Gasteiger partial charge in [-0.25, -0.2) is 4.79 Å². The van der Waals surface area contributed by atoms with E-state index in [2.05, 4.69) is 19.2 Å². The highest BCUT2D eigenvalue weighted by molar-refractivity contribution is 5.74. The Hall–Kier alpha value is -0.730. The summed E-state index contributed by atoms with van der Waals surface area (Å²) in [6.07, 6.45) is 5.99. The van der Waals surface area contributed by atoms with Crippen LogP contribution in [0.4, 0.5) is 4.79 Å². The maximum Gasteiger partial charge on any atom is 0.317 e. The summed E-state index contributed by atoms with van der Waals surface area (Å²) in [4.78, 5) is 13.9. The average Bonchev–Trinajstić information content (AvgIpc) is 2.09. The first-order valence-electron chi connectivity index (χ1n) is 6.12. The van der Waals surface area contributed by atoms with Gasteiger partial charge >= 0.3 is 6.03 Å². The number of hydrogen-bond donors (Lipinski definition) is 1. The second kappa shape index (κ2) is 4.03. The fourth-order valence-corrected chi connectivity index (χ4v) is 2.42. The van der Waals surface area contributed by atoms with Crippen molar-refractivity contribution in [3.8, 4) is 0 Å². The lowest BCUT2D eigenvalue weighted by Crippen LogP contribution is -2.51. The first-order chi connectivity index (χ1) is 7.07. The lowest BCUT2D eigenvalue weighted by Gasteiger charge is -2.39. The molecule has 0 bridgehead atoms. The van der Waals surface area contributed by atoms with Crippen molar-refractivity contribution in [3.05, 3.63) is 0 Å². The number of nitrogens with one attached hydrogen (secondary N) is 1. The fourth-order valence-electron chi connectivity index (χ4n) is 2.42. The van der Waals surface area contributed by atoms with E-state index in [9.17, 15) is 4.79 Å². The molecule has 2 fully saturated rings. The highest BCUT2D eigenvalue weighted by Crippen LogP contribution is 2.28. The summed E-state index contributed by atoms with van der Waals surface area (Å²) in [7, 11) is 0. The standard InChI is InChI=1S/C12H22N2O/c1-12(2)7-4-8-14(9-12)11(15)13-10-5-3-6-10/h10H,3-9H2,1-2H3,(H,13,15). The molecule has 0 aromatic carbocycles. The van der Waals surface area contributed by atoms with Crippen LogP contribution < -0.4 is 5.32 Å². The number of piperidine rings is 1. The molecule has 2 aliphatic rings. The second-order valence-corrected chi connectivity index (χ2v) is 5.77. The number of nitrogens with zero attached hydrogens (tertiary/aromatic N) is 1. The molecule has 0 radical (unpaired) electrons. The highest BCUT2D eigenvalue weighted by Gasteiger charge is 2.30.